The van der Waals surface area contributed by atoms with E-state index >= 15 is 0 Å². The predicted molar refractivity (Wildman–Crippen MR) is 90.7 cm³/mol. The van der Waals surface area contributed by atoms with Gasteiger partial charge in [-0.1, -0.05) is 24.3 Å². The van der Waals surface area contributed by atoms with Crippen LogP contribution in [-0.4, -0.2) is 51.5 Å². The summed E-state index contributed by atoms with van der Waals surface area (Å²) in [7, 11) is 4.02. The van der Waals surface area contributed by atoms with Crippen molar-refractivity contribution in [3.8, 4) is 0 Å². The molecule has 0 fully saturated rings. The van der Waals surface area contributed by atoms with E-state index in [0.29, 0.717) is 17.8 Å². The average molecular weight is 324 g/mol. The van der Waals surface area contributed by atoms with E-state index in [9.17, 15) is 4.79 Å². The number of aromatic nitrogens is 4. The van der Waals surface area contributed by atoms with Crippen LogP contribution in [0.15, 0.2) is 42.6 Å². The van der Waals surface area contributed by atoms with E-state index < -0.39 is 0 Å². The van der Waals surface area contributed by atoms with Crippen LogP contribution in [0, 0.1) is 6.92 Å². The van der Waals surface area contributed by atoms with E-state index in [2.05, 4.69) is 44.8 Å². The number of fused-ring (bicyclic) bond motifs is 1. The first-order chi connectivity index (χ1) is 11.6. The number of likely N-dealkylation sites (N-methyl/N-ethyl adjacent to an activating group) is 1. The summed E-state index contributed by atoms with van der Waals surface area (Å²) in [6.07, 6.45) is 1.68. The van der Waals surface area contributed by atoms with Gasteiger partial charge in [0.05, 0.1) is 6.04 Å². The maximum absolute atomic E-state index is 12.4. The molecule has 3 rings (SSSR count). The number of hydrogen-bond acceptors (Lipinski definition) is 5. The zero-order valence-electron chi connectivity index (χ0n) is 14.0. The fourth-order valence-electron chi connectivity index (χ4n) is 2.70. The number of aryl methyl sites for hydroxylation is 1. The number of benzene rings is 1. The molecule has 0 spiro atoms. The maximum atomic E-state index is 12.4. The molecule has 124 valence electrons. The van der Waals surface area contributed by atoms with Crippen LogP contribution in [-0.2, 0) is 0 Å². The lowest BCUT2D eigenvalue weighted by Gasteiger charge is -2.26. The Labute approximate surface area is 140 Å². The Balaban J connectivity index is 1.74. The highest BCUT2D eigenvalue weighted by molar-refractivity contribution is 5.94. The third kappa shape index (κ3) is 3.26. The summed E-state index contributed by atoms with van der Waals surface area (Å²) in [5.74, 6) is -0.138. The summed E-state index contributed by atoms with van der Waals surface area (Å²) in [5, 5.41) is 14.2. The number of nitrogens with one attached hydrogen (secondary N) is 1. The van der Waals surface area contributed by atoms with E-state index in [1.165, 1.54) is 15.6 Å². The topological polar surface area (TPSA) is 75.4 Å². The van der Waals surface area contributed by atoms with Gasteiger partial charge in [-0.25, -0.2) is 4.52 Å². The fraction of sp³-hybridized carbons (Fsp3) is 0.294. The Morgan fingerprint density at radius 2 is 2.08 bits per heavy atom. The lowest BCUT2D eigenvalue weighted by molar-refractivity contribution is 0.0942. The van der Waals surface area contributed by atoms with Crippen LogP contribution in [0.25, 0.3) is 5.65 Å². The molecule has 1 atom stereocenters. The minimum Gasteiger partial charge on any atom is -0.350 e. The molecule has 7 nitrogen and oxygen atoms in total. The molecule has 24 heavy (non-hydrogen) atoms. The van der Waals surface area contributed by atoms with Gasteiger partial charge < -0.3 is 10.2 Å². The van der Waals surface area contributed by atoms with Crippen LogP contribution >= 0.6 is 0 Å². The summed E-state index contributed by atoms with van der Waals surface area (Å²) in [4.78, 5) is 14.6. The highest BCUT2D eigenvalue weighted by Gasteiger charge is 2.17. The molecule has 0 saturated heterocycles. The van der Waals surface area contributed by atoms with Gasteiger partial charge in [0.2, 0.25) is 0 Å². The molecule has 0 radical (unpaired) electrons. The third-order valence-corrected chi connectivity index (χ3v) is 4.09. The minimum atomic E-state index is -0.138. The lowest BCUT2D eigenvalue weighted by atomic mass is 10.0. The van der Waals surface area contributed by atoms with Crippen molar-refractivity contribution >= 4 is 11.6 Å². The van der Waals surface area contributed by atoms with Crippen molar-refractivity contribution in [1.82, 2.24) is 30.3 Å². The van der Waals surface area contributed by atoms with Crippen LogP contribution < -0.4 is 5.32 Å². The zero-order chi connectivity index (χ0) is 17.1. The number of carbonyl (C=O) groups excluding carboxylic acids is 1. The summed E-state index contributed by atoms with van der Waals surface area (Å²) in [6, 6.07) is 11.7. The summed E-state index contributed by atoms with van der Waals surface area (Å²) >= 11 is 0. The lowest BCUT2D eigenvalue weighted by Crippen LogP contribution is -2.35. The van der Waals surface area contributed by atoms with Gasteiger partial charge in [-0.15, -0.1) is 5.10 Å². The van der Waals surface area contributed by atoms with Gasteiger partial charge in [-0.3, -0.25) is 4.79 Å². The third-order valence-electron chi connectivity index (χ3n) is 4.09. The van der Waals surface area contributed by atoms with Gasteiger partial charge >= 0.3 is 0 Å². The Morgan fingerprint density at radius 3 is 2.83 bits per heavy atom. The summed E-state index contributed by atoms with van der Waals surface area (Å²) in [6.45, 7) is 2.60. The van der Waals surface area contributed by atoms with Gasteiger partial charge in [0.15, 0.2) is 5.65 Å². The molecular formula is C17H20N6O. The Kier molecular flexibility index (Phi) is 4.52. The second-order valence-corrected chi connectivity index (χ2v) is 5.94. The summed E-state index contributed by atoms with van der Waals surface area (Å²) < 4.78 is 1.52. The Morgan fingerprint density at radius 1 is 1.29 bits per heavy atom. The first kappa shape index (κ1) is 16.1. The number of amides is 1. The van der Waals surface area contributed by atoms with Crippen molar-refractivity contribution in [1.29, 1.82) is 0 Å². The van der Waals surface area contributed by atoms with Crippen LogP contribution in [0.3, 0.4) is 0 Å². The monoisotopic (exact) mass is 324 g/mol. The molecule has 1 amide bonds. The van der Waals surface area contributed by atoms with Crippen LogP contribution in [0.5, 0.6) is 0 Å². The SMILES string of the molecule is Cc1ccccc1[C@@H](CNC(=O)c1ccn2nnnc2c1)N(C)C. The zero-order valence-corrected chi connectivity index (χ0v) is 14.0. The molecule has 1 aromatic carbocycles. The standard InChI is InChI=1S/C17H20N6O/c1-12-6-4-5-7-14(12)15(22(2)3)11-18-17(24)13-8-9-23-16(10-13)19-20-21-23/h4-10,15H,11H2,1-3H3,(H,18,24)/t15-/m1/s1. The second-order valence-electron chi connectivity index (χ2n) is 5.94. The van der Waals surface area contributed by atoms with Crippen molar-refractivity contribution in [2.45, 2.75) is 13.0 Å². The number of hydrogen-bond donors (Lipinski definition) is 1. The van der Waals surface area contributed by atoms with Gasteiger partial charge in [0, 0.05) is 18.3 Å². The van der Waals surface area contributed by atoms with Gasteiger partial charge in [-0.2, -0.15) is 0 Å². The molecular weight excluding hydrogens is 304 g/mol. The first-order valence-corrected chi connectivity index (χ1v) is 7.74. The number of pyridine rings is 1. The van der Waals surface area contributed by atoms with Crippen molar-refractivity contribution < 1.29 is 4.79 Å². The second kappa shape index (κ2) is 6.76. The number of rotatable bonds is 5. The molecule has 7 heteroatoms. The molecule has 0 saturated carbocycles. The normalized spacial score (nSPS) is 12.5. The van der Waals surface area contributed by atoms with E-state index in [4.69, 9.17) is 0 Å². The molecule has 2 heterocycles. The molecule has 0 aliphatic heterocycles. The van der Waals surface area contributed by atoms with E-state index in [-0.39, 0.29) is 11.9 Å². The molecule has 2 aromatic heterocycles. The molecule has 0 aliphatic rings. The van der Waals surface area contributed by atoms with Gasteiger partial charge in [0.25, 0.3) is 5.91 Å². The quantitative estimate of drug-likeness (QED) is 0.769. The predicted octanol–water partition coefficient (Wildman–Crippen LogP) is 1.47. The van der Waals surface area contributed by atoms with Crippen molar-refractivity contribution in [2.75, 3.05) is 20.6 Å². The molecule has 0 unspecified atom stereocenters. The molecule has 3 aromatic rings. The maximum Gasteiger partial charge on any atom is 0.251 e. The van der Waals surface area contributed by atoms with Gasteiger partial charge in [-0.05, 0) is 54.7 Å². The molecule has 0 bridgehead atoms. The Bertz CT molecular complexity index is 857. The number of tetrazole rings is 1. The average Bonchev–Trinajstić information content (AvgIpc) is 3.03. The fourth-order valence-corrected chi connectivity index (χ4v) is 2.70. The minimum absolute atomic E-state index is 0.105. The molecule has 1 N–H and O–H groups in total. The number of nitrogens with zero attached hydrogens (tertiary/aromatic N) is 5. The van der Waals surface area contributed by atoms with Crippen molar-refractivity contribution in [3.63, 3.8) is 0 Å². The summed E-state index contributed by atoms with van der Waals surface area (Å²) in [5.41, 5.74) is 3.51. The van der Waals surface area contributed by atoms with Crippen molar-refractivity contribution in [2.24, 2.45) is 0 Å². The number of carbonyl (C=O) groups is 1. The smallest absolute Gasteiger partial charge is 0.251 e. The molecule has 0 aliphatic carbocycles. The highest BCUT2D eigenvalue weighted by atomic mass is 16.1. The van der Waals surface area contributed by atoms with Crippen LogP contribution in [0.2, 0.25) is 0 Å². The van der Waals surface area contributed by atoms with Crippen LogP contribution in [0.1, 0.15) is 27.5 Å². The van der Waals surface area contributed by atoms with E-state index in [1.807, 2.05) is 26.2 Å². The highest BCUT2D eigenvalue weighted by Crippen LogP contribution is 2.21. The Hall–Kier alpha value is -2.80. The van der Waals surface area contributed by atoms with Gasteiger partial charge in [0.1, 0.15) is 0 Å². The van der Waals surface area contributed by atoms with Crippen LogP contribution in [0.4, 0.5) is 0 Å². The van der Waals surface area contributed by atoms with E-state index in [0.717, 1.165) is 0 Å². The van der Waals surface area contributed by atoms with Crippen molar-refractivity contribution in [3.05, 3.63) is 59.3 Å². The first-order valence-electron chi connectivity index (χ1n) is 7.74. The largest absolute Gasteiger partial charge is 0.350 e. The van der Waals surface area contributed by atoms with E-state index in [1.54, 1.807) is 18.3 Å².